The van der Waals surface area contributed by atoms with Crippen LogP contribution in [0.5, 0.6) is 0 Å². The third-order valence-electron chi connectivity index (χ3n) is 3.40. The Labute approximate surface area is 90.7 Å². The molecule has 1 saturated carbocycles. The van der Waals surface area contributed by atoms with Crippen molar-refractivity contribution in [3.63, 3.8) is 0 Å². The zero-order valence-corrected chi connectivity index (χ0v) is 9.17. The number of benzene rings is 1. The molecule has 15 heavy (non-hydrogen) atoms. The van der Waals surface area contributed by atoms with Crippen LogP contribution >= 0.6 is 0 Å². The van der Waals surface area contributed by atoms with E-state index < -0.39 is 0 Å². The quantitative estimate of drug-likeness (QED) is 0.803. The molecule has 0 bridgehead atoms. The van der Waals surface area contributed by atoms with E-state index in [0.29, 0.717) is 11.8 Å². The minimum atomic E-state index is -0.109. The highest BCUT2D eigenvalue weighted by molar-refractivity contribution is 5.22. The van der Waals surface area contributed by atoms with Gasteiger partial charge in [-0.15, -0.1) is 0 Å². The molecule has 1 aliphatic carbocycles. The first-order chi connectivity index (χ1) is 7.31. The molecular formula is C13H18FN. The second-order valence-electron chi connectivity index (χ2n) is 4.41. The monoisotopic (exact) mass is 207 g/mol. The minimum absolute atomic E-state index is 0.109. The van der Waals surface area contributed by atoms with Crippen LogP contribution in [0.2, 0.25) is 0 Å². The molecule has 82 valence electrons. The third kappa shape index (κ3) is 2.37. The molecule has 0 aromatic heterocycles. The predicted molar refractivity (Wildman–Crippen MR) is 60.4 cm³/mol. The van der Waals surface area contributed by atoms with Gasteiger partial charge in [0.25, 0.3) is 0 Å². The lowest BCUT2D eigenvalue weighted by molar-refractivity contribution is 0.461. The molecule has 0 saturated heterocycles. The van der Waals surface area contributed by atoms with Crippen molar-refractivity contribution in [2.45, 2.75) is 25.2 Å². The van der Waals surface area contributed by atoms with Crippen molar-refractivity contribution in [1.82, 2.24) is 5.32 Å². The molecule has 2 atom stereocenters. The van der Waals surface area contributed by atoms with Crippen molar-refractivity contribution in [1.29, 1.82) is 0 Å². The van der Waals surface area contributed by atoms with Gasteiger partial charge in [0, 0.05) is 0 Å². The number of hydrogen-bond donors (Lipinski definition) is 1. The minimum Gasteiger partial charge on any atom is -0.319 e. The molecule has 2 rings (SSSR count). The average molecular weight is 207 g/mol. The van der Waals surface area contributed by atoms with Crippen LogP contribution in [0, 0.1) is 11.7 Å². The van der Waals surface area contributed by atoms with E-state index in [-0.39, 0.29) is 5.82 Å². The number of hydrogen-bond acceptors (Lipinski definition) is 1. The van der Waals surface area contributed by atoms with Crippen molar-refractivity contribution in [3.8, 4) is 0 Å². The smallest absolute Gasteiger partial charge is 0.123 e. The van der Waals surface area contributed by atoms with E-state index >= 15 is 0 Å². The summed E-state index contributed by atoms with van der Waals surface area (Å²) in [7, 11) is 1.99. The Balaban J connectivity index is 2.15. The van der Waals surface area contributed by atoms with E-state index in [9.17, 15) is 4.39 Å². The van der Waals surface area contributed by atoms with Gasteiger partial charge in [0.2, 0.25) is 0 Å². The largest absolute Gasteiger partial charge is 0.319 e. The molecule has 2 unspecified atom stereocenters. The van der Waals surface area contributed by atoms with E-state index in [2.05, 4.69) is 11.4 Å². The Bertz CT molecular complexity index is 324. The number of rotatable bonds is 3. The predicted octanol–water partition coefficient (Wildman–Crippen LogP) is 2.93. The average Bonchev–Trinajstić information content (AvgIpc) is 2.66. The van der Waals surface area contributed by atoms with Crippen LogP contribution in [-0.4, -0.2) is 13.6 Å². The lowest BCUT2D eigenvalue weighted by Gasteiger charge is -2.19. The van der Waals surface area contributed by atoms with Gasteiger partial charge in [0.05, 0.1) is 0 Å². The van der Waals surface area contributed by atoms with Crippen molar-refractivity contribution in [3.05, 3.63) is 35.6 Å². The first kappa shape index (κ1) is 10.6. The maximum atomic E-state index is 13.1. The Hall–Kier alpha value is -0.890. The van der Waals surface area contributed by atoms with Crippen molar-refractivity contribution in [2.24, 2.45) is 5.92 Å². The first-order valence-electron chi connectivity index (χ1n) is 5.71. The van der Waals surface area contributed by atoms with Crippen LogP contribution in [0.25, 0.3) is 0 Å². The van der Waals surface area contributed by atoms with Gasteiger partial charge in [0.15, 0.2) is 0 Å². The summed E-state index contributed by atoms with van der Waals surface area (Å²) in [5.41, 5.74) is 1.17. The van der Waals surface area contributed by atoms with E-state index in [0.717, 1.165) is 6.54 Å². The molecule has 2 heteroatoms. The van der Waals surface area contributed by atoms with E-state index in [1.54, 1.807) is 6.07 Å². The molecule has 1 nitrogen and oxygen atoms in total. The fourth-order valence-electron chi connectivity index (χ4n) is 2.72. The Morgan fingerprint density at radius 3 is 3.00 bits per heavy atom. The molecule has 0 radical (unpaired) electrons. The highest BCUT2D eigenvalue weighted by Crippen LogP contribution is 2.39. The fraction of sp³-hybridized carbons (Fsp3) is 0.538. The van der Waals surface area contributed by atoms with Gasteiger partial charge in [-0.25, -0.2) is 4.39 Å². The molecule has 1 aromatic carbocycles. The van der Waals surface area contributed by atoms with E-state index in [1.807, 2.05) is 13.1 Å². The van der Waals surface area contributed by atoms with E-state index in [1.165, 1.54) is 30.9 Å². The summed E-state index contributed by atoms with van der Waals surface area (Å²) in [6.07, 6.45) is 3.74. The second kappa shape index (κ2) is 4.75. The summed E-state index contributed by atoms with van der Waals surface area (Å²) in [6, 6.07) is 7.09. The van der Waals surface area contributed by atoms with Gasteiger partial charge in [-0.3, -0.25) is 0 Å². The highest BCUT2D eigenvalue weighted by Gasteiger charge is 2.27. The second-order valence-corrected chi connectivity index (χ2v) is 4.41. The summed E-state index contributed by atoms with van der Waals surface area (Å²) in [6.45, 7) is 1.04. The lowest BCUT2D eigenvalue weighted by atomic mass is 9.89. The van der Waals surface area contributed by atoms with E-state index in [4.69, 9.17) is 0 Å². The molecule has 1 aromatic rings. The molecule has 0 aliphatic heterocycles. The van der Waals surface area contributed by atoms with Gasteiger partial charge >= 0.3 is 0 Å². The van der Waals surface area contributed by atoms with Gasteiger partial charge in [0.1, 0.15) is 5.82 Å². The van der Waals surface area contributed by atoms with Gasteiger partial charge in [-0.1, -0.05) is 18.6 Å². The molecule has 1 fully saturated rings. The van der Waals surface area contributed by atoms with Gasteiger partial charge < -0.3 is 5.32 Å². The molecule has 0 spiro atoms. The summed E-state index contributed by atoms with van der Waals surface area (Å²) in [4.78, 5) is 0. The molecular weight excluding hydrogens is 189 g/mol. The van der Waals surface area contributed by atoms with Gasteiger partial charge in [-0.2, -0.15) is 0 Å². The van der Waals surface area contributed by atoms with Crippen LogP contribution < -0.4 is 5.32 Å². The van der Waals surface area contributed by atoms with Crippen LogP contribution in [0.4, 0.5) is 4.39 Å². The van der Waals surface area contributed by atoms with Crippen LogP contribution in [-0.2, 0) is 0 Å². The lowest BCUT2D eigenvalue weighted by Crippen LogP contribution is -2.21. The number of nitrogens with one attached hydrogen (secondary N) is 1. The Morgan fingerprint density at radius 1 is 1.40 bits per heavy atom. The van der Waals surface area contributed by atoms with Crippen molar-refractivity contribution >= 4 is 0 Å². The maximum Gasteiger partial charge on any atom is 0.123 e. The summed E-state index contributed by atoms with van der Waals surface area (Å²) in [5.74, 6) is 1.12. The summed E-state index contributed by atoms with van der Waals surface area (Å²) >= 11 is 0. The van der Waals surface area contributed by atoms with Crippen molar-refractivity contribution < 1.29 is 4.39 Å². The van der Waals surface area contributed by atoms with Crippen LogP contribution in [0.1, 0.15) is 30.7 Å². The standard InChI is InChI=1S/C13H18FN/c1-15-9-11-5-3-7-13(11)10-4-2-6-12(14)8-10/h2,4,6,8,11,13,15H,3,5,7,9H2,1H3. The summed E-state index contributed by atoms with van der Waals surface area (Å²) in [5, 5.41) is 3.23. The molecule has 1 N–H and O–H groups in total. The van der Waals surface area contributed by atoms with Crippen molar-refractivity contribution in [2.75, 3.05) is 13.6 Å². The summed E-state index contributed by atoms with van der Waals surface area (Å²) < 4.78 is 13.1. The Kier molecular flexibility index (Phi) is 3.37. The zero-order chi connectivity index (χ0) is 10.7. The molecule has 0 heterocycles. The molecule has 1 aliphatic rings. The van der Waals surface area contributed by atoms with Crippen LogP contribution in [0.15, 0.2) is 24.3 Å². The fourth-order valence-corrected chi connectivity index (χ4v) is 2.72. The first-order valence-corrected chi connectivity index (χ1v) is 5.71. The van der Waals surface area contributed by atoms with Gasteiger partial charge in [-0.05, 0) is 56.0 Å². The topological polar surface area (TPSA) is 12.0 Å². The highest BCUT2D eigenvalue weighted by atomic mass is 19.1. The third-order valence-corrected chi connectivity index (χ3v) is 3.40. The SMILES string of the molecule is CNCC1CCCC1c1cccc(F)c1. The van der Waals surface area contributed by atoms with Crippen LogP contribution in [0.3, 0.4) is 0 Å². The maximum absolute atomic E-state index is 13.1. The normalized spacial score (nSPS) is 25.7. The molecule has 0 amide bonds. The zero-order valence-electron chi connectivity index (χ0n) is 9.17. The number of halogens is 1. The Morgan fingerprint density at radius 2 is 2.27 bits per heavy atom.